The lowest BCUT2D eigenvalue weighted by Crippen LogP contribution is -2.33. The smallest absolute Gasteiger partial charge is 0.274 e. The maximum absolute atomic E-state index is 13.6. The van der Waals surface area contributed by atoms with Crippen molar-refractivity contribution >= 4 is 23.2 Å². The number of nitrogens with zero attached hydrogens (tertiary/aromatic N) is 2. The van der Waals surface area contributed by atoms with E-state index in [1.807, 2.05) is 12.1 Å². The highest BCUT2D eigenvalue weighted by atomic mass is 16.2. The molecule has 3 aliphatic carbocycles. The summed E-state index contributed by atoms with van der Waals surface area (Å²) in [6.07, 6.45) is 21.1. The van der Waals surface area contributed by atoms with Gasteiger partial charge in [-0.25, -0.2) is 0 Å². The minimum Gasteiger partial charge on any atom is -0.324 e. The number of carbonyl (C=O) groups excluding carboxylic acids is 2. The molecule has 2 saturated carbocycles. The van der Waals surface area contributed by atoms with Crippen molar-refractivity contribution in [3.8, 4) is 11.1 Å². The molecule has 0 saturated heterocycles. The van der Waals surface area contributed by atoms with Crippen LogP contribution in [0.2, 0.25) is 0 Å². The summed E-state index contributed by atoms with van der Waals surface area (Å²) in [5.41, 5.74) is 8.93. The number of aliphatic imine (C=N–C) groups is 1. The fraction of sp³-hybridized carbons (Fsp3) is 0.459. The van der Waals surface area contributed by atoms with Crippen molar-refractivity contribution in [1.82, 2.24) is 10.3 Å². The highest BCUT2D eigenvalue weighted by Crippen LogP contribution is 2.42. The summed E-state index contributed by atoms with van der Waals surface area (Å²) in [7, 11) is 0. The van der Waals surface area contributed by atoms with E-state index >= 15 is 0 Å². The summed E-state index contributed by atoms with van der Waals surface area (Å²) in [4.78, 5) is 35.0. The van der Waals surface area contributed by atoms with Crippen molar-refractivity contribution in [3.05, 3.63) is 82.9 Å². The third-order valence-electron chi connectivity index (χ3n) is 9.75. The maximum atomic E-state index is 13.6. The molecule has 1 aromatic heterocycles. The topological polar surface area (TPSA) is 83.4 Å². The van der Waals surface area contributed by atoms with Gasteiger partial charge in [-0.2, -0.15) is 0 Å². The number of hydrogen-bond donors (Lipinski definition) is 2. The van der Waals surface area contributed by atoms with Gasteiger partial charge in [0.15, 0.2) is 0 Å². The number of amides is 2. The molecule has 4 aliphatic rings. The van der Waals surface area contributed by atoms with Crippen LogP contribution in [0.1, 0.15) is 89.7 Å². The summed E-state index contributed by atoms with van der Waals surface area (Å²) in [5, 5.41) is 6.15. The average molecular weight is 577 g/mol. The van der Waals surface area contributed by atoms with E-state index in [1.165, 1.54) is 43.3 Å². The van der Waals surface area contributed by atoms with Gasteiger partial charge in [0.05, 0.1) is 11.9 Å². The summed E-state index contributed by atoms with van der Waals surface area (Å²) in [6, 6.07) is 8.12. The van der Waals surface area contributed by atoms with Crippen LogP contribution >= 0.6 is 0 Å². The minimum absolute atomic E-state index is 0.0585. The summed E-state index contributed by atoms with van der Waals surface area (Å²) in [5.74, 6) is 0.838. The molecular weight excluding hydrogens is 532 g/mol. The third kappa shape index (κ3) is 7.06. The van der Waals surface area contributed by atoms with E-state index in [4.69, 9.17) is 0 Å². The number of nitrogens with one attached hydrogen (secondary N) is 2. The zero-order valence-corrected chi connectivity index (χ0v) is 25.8. The second kappa shape index (κ2) is 12.4. The Bertz CT molecular complexity index is 1540. The molecule has 6 nitrogen and oxygen atoms in total. The highest BCUT2D eigenvalue weighted by molar-refractivity contribution is 6.46. The SMILES string of the molecule is CC1=C(C[C@]2(C)CCC[C@@H](C)CC2)C=CC(NC(=O)C2=NCCc3ccc(-c4cncc(NC(=O)C5CC5)c4)cc32)=CC1. The number of allylic oxidation sites excluding steroid dienone is 5. The Kier molecular flexibility index (Phi) is 8.47. The number of aromatic nitrogens is 1. The summed E-state index contributed by atoms with van der Waals surface area (Å²) >= 11 is 0. The summed E-state index contributed by atoms with van der Waals surface area (Å²) < 4.78 is 0. The van der Waals surface area contributed by atoms with Crippen LogP contribution in [0.4, 0.5) is 5.69 Å². The highest BCUT2D eigenvalue weighted by Gasteiger charge is 2.30. The molecule has 2 fully saturated rings. The zero-order valence-electron chi connectivity index (χ0n) is 25.8. The lowest BCUT2D eigenvalue weighted by molar-refractivity contribution is -0.117. The second-order valence-electron chi connectivity index (χ2n) is 13.6. The zero-order chi connectivity index (χ0) is 30.0. The molecule has 1 aliphatic heterocycles. The van der Waals surface area contributed by atoms with Crippen molar-refractivity contribution in [2.75, 3.05) is 11.9 Å². The minimum atomic E-state index is -0.177. The fourth-order valence-corrected chi connectivity index (χ4v) is 6.68. The molecule has 224 valence electrons. The van der Waals surface area contributed by atoms with Gasteiger partial charge in [0.2, 0.25) is 5.91 Å². The molecule has 1 aromatic carbocycles. The van der Waals surface area contributed by atoms with E-state index in [2.05, 4.69) is 71.7 Å². The first kappa shape index (κ1) is 29.3. The first-order valence-electron chi connectivity index (χ1n) is 16.1. The normalized spacial score (nSPS) is 23.8. The lowest BCUT2D eigenvalue weighted by Gasteiger charge is -2.29. The van der Waals surface area contributed by atoms with Crippen LogP contribution < -0.4 is 10.6 Å². The van der Waals surface area contributed by atoms with Gasteiger partial charge in [-0.15, -0.1) is 0 Å². The standard InChI is InChI=1S/C37H44N4O2/c1-24-5-4-16-37(3,17-14-24)21-29-11-13-31(12-6-25(29)2)40-36(43)34-33-20-28(10-7-26(33)15-18-39-34)30-19-32(23-38-22-30)41-35(42)27-8-9-27/h7,10-13,19-20,22-24,27H,4-6,8-9,14-18,21H2,1-3H3,(H,40,43)(H,41,42)/t24-,37-/m1/s1. The first-order valence-corrected chi connectivity index (χ1v) is 16.1. The van der Waals surface area contributed by atoms with Crippen molar-refractivity contribution in [1.29, 1.82) is 0 Å². The Morgan fingerprint density at radius 3 is 2.70 bits per heavy atom. The van der Waals surface area contributed by atoms with Gasteiger partial charge in [0.1, 0.15) is 5.71 Å². The van der Waals surface area contributed by atoms with E-state index in [0.29, 0.717) is 23.4 Å². The van der Waals surface area contributed by atoms with Crippen LogP contribution in [0.3, 0.4) is 0 Å². The first-order chi connectivity index (χ1) is 20.8. The Morgan fingerprint density at radius 1 is 1.00 bits per heavy atom. The van der Waals surface area contributed by atoms with Crippen molar-refractivity contribution in [2.24, 2.45) is 22.2 Å². The molecule has 0 unspecified atom stereocenters. The molecule has 2 aromatic rings. The molecule has 0 radical (unpaired) electrons. The molecular formula is C37H44N4O2. The van der Waals surface area contributed by atoms with Gasteiger partial charge in [0, 0.05) is 35.5 Å². The largest absolute Gasteiger partial charge is 0.324 e. The number of hydrogen-bond acceptors (Lipinski definition) is 4. The van der Waals surface area contributed by atoms with E-state index in [1.54, 1.807) is 12.4 Å². The van der Waals surface area contributed by atoms with Crippen molar-refractivity contribution < 1.29 is 9.59 Å². The van der Waals surface area contributed by atoms with E-state index in [-0.39, 0.29) is 17.7 Å². The molecule has 6 rings (SSSR count). The molecule has 2 N–H and O–H groups in total. The second-order valence-corrected chi connectivity index (χ2v) is 13.6. The Hall–Kier alpha value is -3.80. The van der Waals surface area contributed by atoms with Gasteiger partial charge >= 0.3 is 0 Å². The van der Waals surface area contributed by atoms with Gasteiger partial charge < -0.3 is 10.6 Å². The van der Waals surface area contributed by atoms with Crippen molar-refractivity contribution in [3.63, 3.8) is 0 Å². The number of pyridine rings is 1. The van der Waals surface area contributed by atoms with Crippen LogP contribution in [-0.2, 0) is 16.0 Å². The van der Waals surface area contributed by atoms with E-state index in [0.717, 1.165) is 66.0 Å². The number of carbonyl (C=O) groups is 2. The predicted octanol–water partition coefficient (Wildman–Crippen LogP) is 7.72. The van der Waals surface area contributed by atoms with E-state index < -0.39 is 0 Å². The van der Waals surface area contributed by atoms with Crippen LogP contribution in [0, 0.1) is 17.3 Å². The van der Waals surface area contributed by atoms with Gasteiger partial charge in [-0.3, -0.25) is 19.6 Å². The van der Waals surface area contributed by atoms with Gasteiger partial charge in [0.25, 0.3) is 5.91 Å². The van der Waals surface area contributed by atoms with Crippen LogP contribution in [-0.4, -0.2) is 29.1 Å². The lowest BCUT2D eigenvalue weighted by atomic mass is 9.76. The number of anilines is 1. The molecule has 0 bridgehead atoms. The molecule has 0 spiro atoms. The third-order valence-corrected chi connectivity index (χ3v) is 9.75. The number of benzene rings is 1. The predicted molar refractivity (Wildman–Crippen MR) is 174 cm³/mol. The van der Waals surface area contributed by atoms with Gasteiger partial charge in [-0.1, -0.05) is 63.0 Å². The van der Waals surface area contributed by atoms with E-state index in [9.17, 15) is 9.59 Å². The maximum Gasteiger partial charge on any atom is 0.274 e. The van der Waals surface area contributed by atoms with Crippen LogP contribution in [0.25, 0.3) is 11.1 Å². The molecule has 2 heterocycles. The van der Waals surface area contributed by atoms with Crippen LogP contribution in [0.15, 0.2) is 76.7 Å². The number of rotatable bonds is 7. The molecule has 2 amide bonds. The van der Waals surface area contributed by atoms with Gasteiger partial charge in [-0.05, 0) is 98.1 Å². The van der Waals surface area contributed by atoms with Crippen molar-refractivity contribution in [2.45, 2.75) is 85.0 Å². The monoisotopic (exact) mass is 576 g/mol. The molecule has 43 heavy (non-hydrogen) atoms. The fourth-order valence-electron chi connectivity index (χ4n) is 6.68. The molecule has 6 heteroatoms. The summed E-state index contributed by atoms with van der Waals surface area (Å²) in [6.45, 7) is 7.68. The quantitative estimate of drug-likeness (QED) is 0.331. The van der Waals surface area contributed by atoms with Crippen LogP contribution in [0.5, 0.6) is 0 Å². The Balaban J connectivity index is 1.15. The Morgan fingerprint density at radius 2 is 1.86 bits per heavy atom. The Labute approximate surface area is 255 Å². The number of fused-ring (bicyclic) bond motifs is 1. The average Bonchev–Trinajstić information content (AvgIpc) is 3.87. The molecule has 2 atom stereocenters.